The van der Waals surface area contributed by atoms with Gasteiger partial charge in [0.05, 0.1) is 4.92 Å². The Hall–Kier alpha value is -0.750. The molecule has 2 rings (SSSR count). The maximum Gasteiger partial charge on any atom is 0.293 e. The molecule has 4 nitrogen and oxygen atoms in total. The van der Waals surface area contributed by atoms with Crippen LogP contribution >= 0.6 is 27.7 Å². The smallest absolute Gasteiger partial charge is 0.293 e. The number of nitro groups is 1. The van der Waals surface area contributed by atoms with E-state index < -0.39 is 0 Å². The quantitative estimate of drug-likeness (QED) is 0.633. The first-order valence-electron chi connectivity index (χ1n) is 6.42. The molecule has 0 bridgehead atoms. The van der Waals surface area contributed by atoms with Crippen LogP contribution in [0.3, 0.4) is 0 Å². The maximum absolute atomic E-state index is 11.1. The van der Waals surface area contributed by atoms with Crippen molar-refractivity contribution in [1.82, 2.24) is 0 Å². The van der Waals surface area contributed by atoms with Crippen LogP contribution in [0.5, 0.6) is 0 Å². The molecule has 0 amide bonds. The van der Waals surface area contributed by atoms with E-state index in [9.17, 15) is 10.1 Å². The number of nitrogens with one attached hydrogen (secondary N) is 1. The Morgan fingerprint density at radius 3 is 3.00 bits per heavy atom. The lowest BCUT2D eigenvalue weighted by Gasteiger charge is -2.14. The summed E-state index contributed by atoms with van der Waals surface area (Å²) in [6.07, 6.45) is 3.37. The minimum atomic E-state index is -0.333. The molecule has 0 aliphatic heterocycles. The van der Waals surface area contributed by atoms with Gasteiger partial charge in [0.1, 0.15) is 5.69 Å². The van der Waals surface area contributed by atoms with E-state index in [1.807, 2.05) is 17.8 Å². The van der Waals surface area contributed by atoms with E-state index in [2.05, 4.69) is 28.2 Å². The average molecular weight is 345 g/mol. The number of halogens is 1. The topological polar surface area (TPSA) is 55.2 Å². The molecule has 2 unspecified atom stereocenters. The Balaban J connectivity index is 2.05. The van der Waals surface area contributed by atoms with Gasteiger partial charge in [-0.2, -0.15) is 11.8 Å². The van der Waals surface area contributed by atoms with Gasteiger partial charge >= 0.3 is 0 Å². The summed E-state index contributed by atoms with van der Waals surface area (Å²) in [6.45, 7) is 2.17. The summed E-state index contributed by atoms with van der Waals surface area (Å²) in [5.41, 5.74) is 0.765. The fourth-order valence-electron chi connectivity index (χ4n) is 2.46. The Bertz CT molecular complexity index is 470. The van der Waals surface area contributed by atoms with Crippen LogP contribution in [0.15, 0.2) is 22.7 Å². The molecular weight excluding hydrogens is 328 g/mol. The lowest BCUT2D eigenvalue weighted by atomic mass is 10.2. The monoisotopic (exact) mass is 344 g/mol. The normalized spacial score (nSPS) is 22.4. The number of thioether (sulfide) groups is 1. The number of rotatable bonds is 5. The zero-order valence-corrected chi connectivity index (χ0v) is 13.2. The third-order valence-corrected chi connectivity index (χ3v) is 5.03. The number of hydrogen-bond acceptors (Lipinski definition) is 4. The molecule has 0 saturated heterocycles. The fraction of sp³-hybridized carbons (Fsp3) is 0.538. The van der Waals surface area contributed by atoms with E-state index in [1.54, 1.807) is 12.1 Å². The number of hydrogen-bond donors (Lipinski definition) is 1. The molecule has 0 aromatic heterocycles. The summed E-state index contributed by atoms with van der Waals surface area (Å²) in [7, 11) is 0. The van der Waals surface area contributed by atoms with Gasteiger partial charge in [0.2, 0.25) is 0 Å². The third kappa shape index (κ3) is 3.86. The van der Waals surface area contributed by atoms with Crippen molar-refractivity contribution in [2.24, 2.45) is 0 Å². The van der Waals surface area contributed by atoms with Crippen LogP contribution in [-0.2, 0) is 0 Å². The standard InChI is InChI=1S/C13H17BrN2O2S/c1-2-19-11-5-4-10(8-11)15-12-6-3-9(14)7-13(12)16(17)18/h3,6-7,10-11,15H,2,4-5,8H2,1H3. The zero-order chi connectivity index (χ0) is 13.8. The molecule has 1 aliphatic carbocycles. The van der Waals surface area contributed by atoms with E-state index in [-0.39, 0.29) is 10.6 Å². The predicted octanol–water partition coefficient (Wildman–Crippen LogP) is 4.44. The van der Waals surface area contributed by atoms with E-state index in [4.69, 9.17) is 0 Å². The van der Waals surface area contributed by atoms with E-state index >= 15 is 0 Å². The average Bonchev–Trinajstić information content (AvgIpc) is 2.79. The van der Waals surface area contributed by atoms with Crippen molar-refractivity contribution >= 4 is 39.1 Å². The Morgan fingerprint density at radius 2 is 2.32 bits per heavy atom. The summed E-state index contributed by atoms with van der Waals surface area (Å²) in [6, 6.07) is 5.52. The number of nitro benzene ring substituents is 1. The van der Waals surface area contributed by atoms with E-state index in [0.29, 0.717) is 17.0 Å². The Labute approximate surface area is 125 Å². The van der Waals surface area contributed by atoms with Gasteiger partial charge in [-0.1, -0.05) is 22.9 Å². The van der Waals surface area contributed by atoms with Crippen molar-refractivity contribution in [2.75, 3.05) is 11.1 Å². The molecule has 0 spiro atoms. The molecule has 1 N–H and O–H groups in total. The van der Waals surface area contributed by atoms with Gasteiger partial charge < -0.3 is 5.32 Å². The first-order valence-corrected chi connectivity index (χ1v) is 8.26. The van der Waals surface area contributed by atoms with Gasteiger partial charge in [-0.3, -0.25) is 10.1 Å². The van der Waals surface area contributed by atoms with E-state index in [0.717, 1.165) is 23.1 Å². The van der Waals surface area contributed by atoms with Crippen LogP contribution in [-0.4, -0.2) is 22.0 Å². The highest BCUT2D eigenvalue weighted by atomic mass is 79.9. The fourth-order valence-corrected chi connectivity index (χ4v) is 3.95. The van der Waals surface area contributed by atoms with Crippen LogP contribution in [0, 0.1) is 10.1 Å². The zero-order valence-electron chi connectivity index (χ0n) is 10.8. The summed E-state index contributed by atoms with van der Waals surface area (Å²) >= 11 is 5.26. The molecule has 1 aliphatic rings. The summed E-state index contributed by atoms with van der Waals surface area (Å²) in [5.74, 6) is 1.13. The summed E-state index contributed by atoms with van der Waals surface area (Å²) in [4.78, 5) is 10.7. The SMILES string of the molecule is CCSC1CCC(Nc2ccc(Br)cc2[N+](=O)[O-])C1. The first kappa shape index (κ1) is 14.7. The van der Waals surface area contributed by atoms with Crippen molar-refractivity contribution in [3.05, 3.63) is 32.8 Å². The van der Waals surface area contributed by atoms with Crippen LogP contribution in [0.2, 0.25) is 0 Å². The predicted molar refractivity (Wildman–Crippen MR) is 84.0 cm³/mol. The van der Waals surface area contributed by atoms with Gasteiger partial charge in [0.25, 0.3) is 5.69 Å². The van der Waals surface area contributed by atoms with Gasteiger partial charge in [0, 0.05) is 21.8 Å². The minimum absolute atomic E-state index is 0.140. The molecule has 1 aromatic rings. The maximum atomic E-state index is 11.1. The lowest BCUT2D eigenvalue weighted by molar-refractivity contribution is -0.384. The molecule has 104 valence electrons. The highest BCUT2D eigenvalue weighted by Gasteiger charge is 2.26. The molecule has 0 heterocycles. The Kier molecular flexibility index (Phi) is 5.10. The van der Waals surface area contributed by atoms with Crippen LogP contribution in [0.4, 0.5) is 11.4 Å². The summed E-state index contributed by atoms with van der Waals surface area (Å²) < 4.78 is 0.732. The third-order valence-electron chi connectivity index (χ3n) is 3.30. The van der Waals surface area contributed by atoms with Crippen molar-refractivity contribution in [1.29, 1.82) is 0 Å². The summed E-state index contributed by atoms with van der Waals surface area (Å²) in [5, 5.41) is 15.1. The molecular formula is C13H17BrN2O2S. The van der Waals surface area contributed by atoms with Gasteiger partial charge in [0.15, 0.2) is 0 Å². The number of nitrogens with zero attached hydrogens (tertiary/aromatic N) is 1. The van der Waals surface area contributed by atoms with E-state index in [1.165, 1.54) is 6.42 Å². The molecule has 6 heteroatoms. The first-order chi connectivity index (χ1) is 9.10. The number of anilines is 1. The van der Waals surface area contributed by atoms with Gasteiger partial charge in [-0.15, -0.1) is 0 Å². The van der Waals surface area contributed by atoms with Crippen LogP contribution < -0.4 is 5.32 Å². The van der Waals surface area contributed by atoms with Crippen LogP contribution in [0.1, 0.15) is 26.2 Å². The molecule has 0 radical (unpaired) electrons. The highest BCUT2D eigenvalue weighted by molar-refractivity contribution is 9.10. The molecule has 1 saturated carbocycles. The van der Waals surface area contributed by atoms with Crippen molar-refractivity contribution in [2.45, 2.75) is 37.5 Å². The highest BCUT2D eigenvalue weighted by Crippen LogP contribution is 2.34. The van der Waals surface area contributed by atoms with Crippen molar-refractivity contribution in [3.63, 3.8) is 0 Å². The second-order valence-electron chi connectivity index (χ2n) is 4.65. The van der Waals surface area contributed by atoms with Gasteiger partial charge in [-0.05, 0) is 37.1 Å². The van der Waals surface area contributed by atoms with Crippen molar-refractivity contribution in [3.8, 4) is 0 Å². The van der Waals surface area contributed by atoms with Gasteiger partial charge in [-0.25, -0.2) is 0 Å². The molecule has 2 atom stereocenters. The lowest BCUT2D eigenvalue weighted by Crippen LogP contribution is -2.16. The largest absolute Gasteiger partial charge is 0.377 e. The van der Waals surface area contributed by atoms with Crippen LogP contribution in [0.25, 0.3) is 0 Å². The second-order valence-corrected chi connectivity index (χ2v) is 7.14. The second kappa shape index (κ2) is 6.61. The Morgan fingerprint density at radius 1 is 1.53 bits per heavy atom. The number of benzene rings is 1. The minimum Gasteiger partial charge on any atom is -0.377 e. The van der Waals surface area contributed by atoms with Crippen molar-refractivity contribution < 1.29 is 4.92 Å². The molecule has 19 heavy (non-hydrogen) atoms. The molecule has 1 aromatic carbocycles. The molecule has 1 fully saturated rings.